The van der Waals surface area contributed by atoms with E-state index < -0.39 is 0 Å². The number of ether oxygens (including phenoxy) is 1. The zero-order chi connectivity index (χ0) is 17.9. The van der Waals surface area contributed by atoms with E-state index in [1.165, 1.54) is 0 Å². The quantitative estimate of drug-likeness (QED) is 0.414. The van der Waals surface area contributed by atoms with Gasteiger partial charge in [-0.15, -0.1) is 0 Å². The number of hydrazone groups is 1. The summed E-state index contributed by atoms with van der Waals surface area (Å²) in [4.78, 5) is 12.3. The summed E-state index contributed by atoms with van der Waals surface area (Å²) in [5.74, 6) is 0.466. The van der Waals surface area contributed by atoms with Crippen LogP contribution in [-0.4, -0.2) is 18.2 Å². The lowest BCUT2D eigenvalue weighted by molar-refractivity contribution is 0.0954. The van der Waals surface area contributed by atoms with Crippen molar-refractivity contribution < 1.29 is 9.53 Å². The van der Waals surface area contributed by atoms with Crippen LogP contribution in [0.3, 0.4) is 0 Å². The molecule has 2 aromatic rings. The minimum atomic E-state index is -0.236. The van der Waals surface area contributed by atoms with Gasteiger partial charge in [0.1, 0.15) is 12.4 Å². The van der Waals surface area contributed by atoms with Crippen LogP contribution in [0.15, 0.2) is 72.4 Å². The van der Waals surface area contributed by atoms with Crippen molar-refractivity contribution in [3.8, 4) is 5.75 Å². The predicted octanol–water partition coefficient (Wildman–Crippen LogP) is 4.58. The molecule has 130 valence electrons. The van der Waals surface area contributed by atoms with Crippen LogP contribution in [0.1, 0.15) is 42.1 Å². The standard InChI is InChI=1S/C21H24N2O2/c1-3-5-11-20(17-9-7-6-8-10-17)22-23-21(24)18-12-14-19(15-13-18)25-16-4-2/h4,6-10,12-15H,2-3,5,11,16H2,1H3,(H,23,24)/b22-20+. The van der Waals surface area contributed by atoms with Crippen LogP contribution in [0, 0.1) is 0 Å². The van der Waals surface area contributed by atoms with Gasteiger partial charge in [0.05, 0.1) is 5.71 Å². The number of hydrogen-bond donors (Lipinski definition) is 1. The summed E-state index contributed by atoms with van der Waals surface area (Å²) in [5.41, 5.74) is 5.12. The summed E-state index contributed by atoms with van der Waals surface area (Å²) < 4.78 is 5.41. The van der Waals surface area contributed by atoms with Gasteiger partial charge in [-0.05, 0) is 42.7 Å². The highest BCUT2D eigenvalue weighted by Crippen LogP contribution is 2.12. The van der Waals surface area contributed by atoms with Crippen molar-refractivity contribution in [2.75, 3.05) is 6.61 Å². The number of amides is 1. The van der Waals surface area contributed by atoms with Crippen molar-refractivity contribution in [2.24, 2.45) is 5.10 Å². The van der Waals surface area contributed by atoms with E-state index >= 15 is 0 Å². The maximum Gasteiger partial charge on any atom is 0.271 e. The second kappa shape index (κ2) is 10.1. The van der Waals surface area contributed by atoms with Gasteiger partial charge < -0.3 is 4.74 Å². The molecule has 0 saturated heterocycles. The number of benzene rings is 2. The van der Waals surface area contributed by atoms with E-state index in [2.05, 4.69) is 24.0 Å². The Kier molecular flexibility index (Phi) is 7.44. The van der Waals surface area contributed by atoms with Crippen molar-refractivity contribution in [2.45, 2.75) is 26.2 Å². The molecule has 4 heteroatoms. The Labute approximate surface area is 149 Å². The predicted molar refractivity (Wildman–Crippen MR) is 102 cm³/mol. The Morgan fingerprint density at radius 2 is 1.84 bits per heavy atom. The molecular weight excluding hydrogens is 312 g/mol. The topological polar surface area (TPSA) is 50.7 Å². The Bertz CT molecular complexity index is 706. The molecule has 0 fully saturated rings. The molecule has 1 amide bonds. The number of unbranched alkanes of at least 4 members (excludes halogenated alkanes) is 1. The van der Waals surface area contributed by atoms with E-state index in [4.69, 9.17) is 4.74 Å². The van der Waals surface area contributed by atoms with Gasteiger partial charge in [-0.2, -0.15) is 5.10 Å². The molecule has 0 aliphatic carbocycles. The van der Waals surface area contributed by atoms with Crippen LogP contribution >= 0.6 is 0 Å². The molecule has 0 unspecified atom stereocenters. The van der Waals surface area contributed by atoms with E-state index in [0.29, 0.717) is 17.9 Å². The number of carbonyl (C=O) groups is 1. The zero-order valence-electron chi connectivity index (χ0n) is 14.6. The normalized spacial score (nSPS) is 11.0. The fourth-order valence-corrected chi connectivity index (χ4v) is 2.28. The molecule has 2 rings (SSSR count). The van der Waals surface area contributed by atoms with Crippen LogP contribution in [0.25, 0.3) is 0 Å². The van der Waals surface area contributed by atoms with Gasteiger partial charge in [-0.1, -0.05) is 56.3 Å². The monoisotopic (exact) mass is 336 g/mol. The molecule has 0 spiro atoms. The Morgan fingerprint density at radius 1 is 1.12 bits per heavy atom. The Morgan fingerprint density at radius 3 is 2.48 bits per heavy atom. The maximum atomic E-state index is 12.3. The first-order valence-corrected chi connectivity index (χ1v) is 8.50. The molecule has 0 aliphatic rings. The molecule has 2 aromatic carbocycles. The highest BCUT2D eigenvalue weighted by molar-refractivity contribution is 6.02. The fraction of sp³-hybridized carbons (Fsp3) is 0.238. The maximum absolute atomic E-state index is 12.3. The van der Waals surface area contributed by atoms with E-state index in [0.717, 1.165) is 30.5 Å². The van der Waals surface area contributed by atoms with Gasteiger partial charge in [0.15, 0.2) is 0 Å². The fourth-order valence-electron chi connectivity index (χ4n) is 2.28. The number of hydrogen-bond acceptors (Lipinski definition) is 3. The smallest absolute Gasteiger partial charge is 0.271 e. The van der Waals surface area contributed by atoms with Gasteiger partial charge in [0, 0.05) is 5.56 Å². The minimum Gasteiger partial charge on any atom is -0.490 e. The summed E-state index contributed by atoms with van der Waals surface area (Å²) in [6.45, 7) is 6.18. The molecule has 1 N–H and O–H groups in total. The van der Waals surface area contributed by atoms with Crippen molar-refractivity contribution in [1.29, 1.82) is 0 Å². The summed E-state index contributed by atoms with van der Waals surface area (Å²) in [6.07, 6.45) is 4.61. The second-order valence-corrected chi connectivity index (χ2v) is 5.59. The summed E-state index contributed by atoms with van der Waals surface area (Å²) in [6, 6.07) is 16.9. The summed E-state index contributed by atoms with van der Waals surface area (Å²) >= 11 is 0. The van der Waals surface area contributed by atoms with Crippen LogP contribution in [0.2, 0.25) is 0 Å². The van der Waals surface area contributed by atoms with Crippen molar-refractivity contribution in [3.63, 3.8) is 0 Å². The van der Waals surface area contributed by atoms with Gasteiger partial charge in [-0.3, -0.25) is 4.79 Å². The largest absolute Gasteiger partial charge is 0.490 e. The van der Waals surface area contributed by atoms with E-state index in [1.807, 2.05) is 30.3 Å². The average Bonchev–Trinajstić information content (AvgIpc) is 2.67. The van der Waals surface area contributed by atoms with Crippen LogP contribution in [0.5, 0.6) is 5.75 Å². The third kappa shape index (κ3) is 5.92. The third-order valence-corrected chi connectivity index (χ3v) is 3.65. The second-order valence-electron chi connectivity index (χ2n) is 5.59. The highest BCUT2D eigenvalue weighted by atomic mass is 16.5. The first kappa shape index (κ1) is 18.5. The SMILES string of the molecule is C=CCOc1ccc(C(=O)N/N=C(\CCCC)c2ccccc2)cc1. The number of carbonyl (C=O) groups excluding carboxylic acids is 1. The van der Waals surface area contributed by atoms with Crippen molar-refractivity contribution in [1.82, 2.24) is 5.43 Å². The lowest BCUT2D eigenvalue weighted by Crippen LogP contribution is -2.20. The molecular formula is C21H24N2O2. The third-order valence-electron chi connectivity index (χ3n) is 3.65. The molecule has 25 heavy (non-hydrogen) atoms. The zero-order valence-corrected chi connectivity index (χ0v) is 14.6. The van der Waals surface area contributed by atoms with E-state index in [1.54, 1.807) is 30.3 Å². The van der Waals surface area contributed by atoms with E-state index in [9.17, 15) is 4.79 Å². The van der Waals surface area contributed by atoms with Crippen molar-refractivity contribution >= 4 is 11.6 Å². The number of nitrogens with one attached hydrogen (secondary N) is 1. The molecule has 0 atom stereocenters. The summed E-state index contributed by atoms with van der Waals surface area (Å²) in [7, 11) is 0. The Balaban J connectivity index is 2.05. The molecule has 0 aliphatic heterocycles. The van der Waals surface area contributed by atoms with Gasteiger partial charge in [0.2, 0.25) is 0 Å². The molecule has 0 aromatic heterocycles. The van der Waals surface area contributed by atoms with Crippen LogP contribution in [0.4, 0.5) is 0 Å². The number of rotatable bonds is 9. The lowest BCUT2D eigenvalue weighted by atomic mass is 10.1. The lowest BCUT2D eigenvalue weighted by Gasteiger charge is -2.08. The molecule has 0 bridgehead atoms. The first-order valence-electron chi connectivity index (χ1n) is 8.50. The first-order chi connectivity index (χ1) is 12.2. The van der Waals surface area contributed by atoms with E-state index in [-0.39, 0.29) is 5.91 Å². The molecule has 0 heterocycles. The molecule has 0 saturated carbocycles. The van der Waals surface area contributed by atoms with Gasteiger partial charge in [0.25, 0.3) is 5.91 Å². The Hall–Kier alpha value is -2.88. The molecule has 0 radical (unpaired) electrons. The van der Waals surface area contributed by atoms with Gasteiger partial charge in [-0.25, -0.2) is 5.43 Å². The highest BCUT2D eigenvalue weighted by Gasteiger charge is 2.07. The average molecular weight is 336 g/mol. The van der Waals surface area contributed by atoms with Gasteiger partial charge >= 0.3 is 0 Å². The molecule has 4 nitrogen and oxygen atoms in total. The van der Waals surface area contributed by atoms with Crippen LogP contribution < -0.4 is 10.2 Å². The summed E-state index contributed by atoms with van der Waals surface area (Å²) in [5, 5.41) is 4.35. The van der Waals surface area contributed by atoms with Crippen molar-refractivity contribution in [3.05, 3.63) is 78.4 Å². The number of nitrogens with zero attached hydrogens (tertiary/aromatic N) is 1. The van der Waals surface area contributed by atoms with Crippen LogP contribution in [-0.2, 0) is 0 Å². The minimum absolute atomic E-state index is 0.236.